The van der Waals surface area contributed by atoms with Crippen LogP contribution >= 0.6 is 11.6 Å². The summed E-state index contributed by atoms with van der Waals surface area (Å²) in [6.45, 7) is 5.26. The molecule has 0 radical (unpaired) electrons. The molecule has 0 aliphatic carbocycles. The molecule has 0 fully saturated rings. The molecular weight excluding hydrogens is 364 g/mol. The minimum absolute atomic E-state index is 0.0491. The van der Waals surface area contributed by atoms with Crippen molar-refractivity contribution in [1.82, 2.24) is 4.90 Å². The predicted molar refractivity (Wildman–Crippen MR) is 110 cm³/mol. The Hall–Kier alpha value is -2.24. The number of hydrogen-bond acceptors (Lipinski definition) is 4. The zero-order valence-electron chi connectivity index (χ0n) is 16.3. The summed E-state index contributed by atoms with van der Waals surface area (Å²) in [7, 11) is 3.96. The maximum absolute atomic E-state index is 12.4. The molecule has 0 saturated carbocycles. The van der Waals surface area contributed by atoms with Gasteiger partial charge in [-0.25, -0.2) is 0 Å². The van der Waals surface area contributed by atoms with Gasteiger partial charge in [-0.2, -0.15) is 0 Å². The Morgan fingerprint density at radius 2 is 1.89 bits per heavy atom. The average Bonchev–Trinajstić information content (AvgIpc) is 2.58. The van der Waals surface area contributed by atoms with Crippen LogP contribution in [0.2, 0.25) is 5.02 Å². The van der Waals surface area contributed by atoms with Crippen molar-refractivity contribution in [2.45, 2.75) is 26.4 Å². The van der Waals surface area contributed by atoms with Crippen molar-refractivity contribution in [2.75, 3.05) is 32.6 Å². The van der Waals surface area contributed by atoms with Gasteiger partial charge in [0.2, 0.25) is 5.91 Å². The molecule has 2 rings (SSSR count). The second kappa shape index (κ2) is 10.2. The molecule has 1 N–H and O–H groups in total. The molecule has 0 spiro atoms. The van der Waals surface area contributed by atoms with Gasteiger partial charge in [0.15, 0.2) is 0 Å². The Labute approximate surface area is 166 Å². The number of likely N-dealkylation sites (N-methyl/N-ethyl adjacent to an activating group) is 1. The molecule has 0 atom stereocenters. The SMILES string of the molecule is CC(C)Oc1ccccc1CC(=O)Nc1ccc(OCCN(C)C)c(Cl)c1. The van der Waals surface area contributed by atoms with Crippen LogP contribution in [0.1, 0.15) is 19.4 Å². The third kappa shape index (κ3) is 7.12. The standard InChI is InChI=1S/C21H27ClN2O3/c1-15(2)27-19-8-6-5-7-16(19)13-21(25)23-17-9-10-20(18(22)14-17)26-12-11-24(3)4/h5-10,14-15H,11-13H2,1-4H3,(H,23,25). The Morgan fingerprint density at radius 3 is 2.56 bits per heavy atom. The Bertz CT molecular complexity index is 763. The van der Waals surface area contributed by atoms with Gasteiger partial charge in [0.05, 0.1) is 17.5 Å². The van der Waals surface area contributed by atoms with Crippen LogP contribution in [-0.2, 0) is 11.2 Å². The van der Waals surface area contributed by atoms with Crippen molar-refractivity contribution in [2.24, 2.45) is 0 Å². The summed E-state index contributed by atoms with van der Waals surface area (Å²) >= 11 is 6.26. The van der Waals surface area contributed by atoms with Crippen molar-refractivity contribution < 1.29 is 14.3 Å². The molecule has 0 heterocycles. The number of para-hydroxylation sites is 1. The number of halogens is 1. The largest absolute Gasteiger partial charge is 0.491 e. The molecular formula is C21H27ClN2O3. The lowest BCUT2D eigenvalue weighted by Crippen LogP contribution is -2.19. The van der Waals surface area contributed by atoms with E-state index in [0.717, 1.165) is 17.9 Å². The molecule has 5 nitrogen and oxygen atoms in total. The molecule has 2 aromatic rings. The quantitative estimate of drug-likeness (QED) is 0.695. The monoisotopic (exact) mass is 390 g/mol. The third-order valence-corrected chi connectivity index (χ3v) is 3.99. The van der Waals surface area contributed by atoms with Crippen molar-refractivity contribution in [3.05, 3.63) is 53.1 Å². The molecule has 0 aliphatic rings. The van der Waals surface area contributed by atoms with Gasteiger partial charge in [0.1, 0.15) is 18.1 Å². The van der Waals surface area contributed by atoms with Crippen LogP contribution in [0.3, 0.4) is 0 Å². The van der Waals surface area contributed by atoms with E-state index in [1.807, 2.05) is 57.1 Å². The summed E-state index contributed by atoms with van der Waals surface area (Å²) in [6, 6.07) is 12.8. The molecule has 0 unspecified atom stereocenters. The topological polar surface area (TPSA) is 50.8 Å². The molecule has 0 aromatic heterocycles. The number of hydrogen-bond donors (Lipinski definition) is 1. The number of amides is 1. The van der Waals surface area contributed by atoms with Gasteiger partial charge in [0.25, 0.3) is 0 Å². The van der Waals surface area contributed by atoms with E-state index in [1.54, 1.807) is 18.2 Å². The summed E-state index contributed by atoms with van der Waals surface area (Å²) in [6.07, 6.45) is 0.273. The number of carbonyl (C=O) groups excluding carboxylic acids is 1. The molecule has 0 aliphatic heterocycles. The lowest BCUT2D eigenvalue weighted by Gasteiger charge is -2.15. The van der Waals surface area contributed by atoms with Gasteiger partial charge in [-0.3, -0.25) is 4.79 Å². The lowest BCUT2D eigenvalue weighted by molar-refractivity contribution is -0.115. The molecule has 27 heavy (non-hydrogen) atoms. The zero-order chi connectivity index (χ0) is 19.8. The molecule has 146 valence electrons. The Kier molecular flexibility index (Phi) is 7.95. The van der Waals surface area contributed by atoms with Crippen molar-refractivity contribution >= 4 is 23.2 Å². The first kappa shape index (κ1) is 21.1. The number of rotatable bonds is 9. The first-order valence-electron chi connectivity index (χ1n) is 8.96. The maximum atomic E-state index is 12.4. The van der Waals surface area contributed by atoms with Crippen LogP contribution in [0.15, 0.2) is 42.5 Å². The summed E-state index contributed by atoms with van der Waals surface area (Å²) in [5.41, 5.74) is 1.48. The summed E-state index contributed by atoms with van der Waals surface area (Å²) in [4.78, 5) is 14.4. The summed E-state index contributed by atoms with van der Waals surface area (Å²) < 4.78 is 11.4. The van der Waals surface area contributed by atoms with Gasteiger partial charge < -0.3 is 19.7 Å². The van der Waals surface area contributed by atoms with Gasteiger partial charge in [-0.15, -0.1) is 0 Å². The van der Waals surface area contributed by atoms with Crippen LogP contribution in [0.25, 0.3) is 0 Å². The normalized spacial score (nSPS) is 10.9. The highest BCUT2D eigenvalue weighted by atomic mass is 35.5. The van der Waals surface area contributed by atoms with Gasteiger partial charge in [-0.05, 0) is 52.2 Å². The molecule has 6 heteroatoms. The highest BCUT2D eigenvalue weighted by Crippen LogP contribution is 2.28. The zero-order valence-corrected chi connectivity index (χ0v) is 17.0. The number of nitrogens with zero attached hydrogens (tertiary/aromatic N) is 1. The third-order valence-electron chi connectivity index (χ3n) is 3.70. The highest BCUT2D eigenvalue weighted by Gasteiger charge is 2.11. The van der Waals surface area contributed by atoms with E-state index in [4.69, 9.17) is 21.1 Å². The van der Waals surface area contributed by atoms with E-state index in [-0.39, 0.29) is 18.4 Å². The number of benzene rings is 2. The smallest absolute Gasteiger partial charge is 0.228 e. The fourth-order valence-corrected chi connectivity index (χ4v) is 2.67. The average molecular weight is 391 g/mol. The number of nitrogens with one attached hydrogen (secondary N) is 1. The Morgan fingerprint density at radius 1 is 1.15 bits per heavy atom. The second-order valence-electron chi connectivity index (χ2n) is 6.80. The maximum Gasteiger partial charge on any atom is 0.228 e. The van der Waals surface area contributed by atoms with Crippen LogP contribution in [0.5, 0.6) is 11.5 Å². The fourth-order valence-electron chi connectivity index (χ4n) is 2.43. The first-order valence-corrected chi connectivity index (χ1v) is 9.34. The highest BCUT2D eigenvalue weighted by molar-refractivity contribution is 6.32. The van der Waals surface area contributed by atoms with E-state index in [0.29, 0.717) is 23.1 Å². The van der Waals surface area contributed by atoms with Crippen LogP contribution in [0, 0.1) is 0 Å². The van der Waals surface area contributed by atoms with E-state index in [1.165, 1.54) is 0 Å². The number of anilines is 1. The number of carbonyl (C=O) groups is 1. The van der Waals surface area contributed by atoms with Crippen molar-refractivity contribution in [1.29, 1.82) is 0 Å². The second-order valence-corrected chi connectivity index (χ2v) is 7.20. The van der Waals surface area contributed by atoms with E-state index < -0.39 is 0 Å². The molecule has 0 saturated heterocycles. The molecule has 0 bridgehead atoms. The summed E-state index contributed by atoms with van der Waals surface area (Å²) in [5.74, 6) is 1.20. The predicted octanol–water partition coefficient (Wildman–Crippen LogP) is 4.25. The minimum Gasteiger partial charge on any atom is -0.491 e. The van der Waals surface area contributed by atoms with Crippen LogP contribution in [-0.4, -0.2) is 44.2 Å². The fraction of sp³-hybridized carbons (Fsp3) is 0.381. The van der Waals surface area contributed by atoms with E-state index in [9.17, 15) is 4.79 Å². The minimum atomic E-state index is -0.132. The van der Waals surface area contributed by atoms with Crippen LogP contribution in [0.4, 0.5) is 5.69 Å². The van der Waals surface area contributed by atoms with Crippen molar-refractivity contribution in [3.8, 4) is 11.5 Å². The van der Waals surface area contributed by atoms with Gasteiger partial charge in [-0.1, -0.05) is 29.8 Å². The Balaban J connectivity index is 1.97. The molecule has 1 amide bonds. The first-order chi connectivity index (χ1) is 12.8. The van der Waals surface area contributed by atoms with Crippen molar-refractivity contribution in [3.63, 3.8) is 0 Å². The number of ether oxygens (including phenoxy) is 2. The van der Waals surface area contributed by atoms with E-state index >= 15 is 0 Å². The van der Waals surface area contributed by atoms with Gasteiger partial charge in [0, 0.05) is 17.8 Å². The van der Waals surface area contributed by atoms with E-state index in [2.05, 4.69) is 5.32 Å². The van der Waals surface area contributed by atoms with Gasteiger partial charge >= 0.3 is 0 Å². The molecule has 2 aromatic carbocycles. The van der Waals surface area contributed by atoms with Crippen LogP contribution < -0.4 is 14.8 Å². The lowest BCUT2D eigenvalue weighted by atomic mass is 10.1. The summed E-state index contributed by atoms with van der Waals surface area (Å²) in [5, 5.41) is 3.34.